The molecule has 32 heavy (non-hydrogen) atoms. The molecule has 0 aliphatic heterocycles. The van der Waals surface area contributed by atoms with Gasteiger partial charge in [-0.05, 0) is 62.9 Å². The summed E-state index contributed by atoms with van der Waals surface area (Å²) in [6.07, 6.45) is 1.11. The highest BCUT2D eigenvalue weighted by Crippen LogP contribution is 2.34. The third-order valence-electron chi connectivity index (χ3n) is 5.92. The molecule has 7 heteroatoms. The van der Waals surface area contributed by atoms with Crippen molar-refractivity contribution in [2.45, 2.75) is 39.5 Å². The molecular weight excluding hydrogens is 422 g/mol. The predicted molar refractivity (Wildman–Crippen MR) is 126 cm³/mol. The number of nitrogens with zero attached hydrogens (tertiary/aromatic N) is 4. The third kappa shape index (κ3) is 3.82. The molecule has 1 N–H and O–H groups in total. The number of aryl methyl sites for hydroxylation is 3. The molecule has 1 atom stereocenters. The number of ketones is 1. The van der Waals surface area contributed by atoms with Gasteiger partial charge in [0.05, 0.1) is 28.2 Å². The Morgan fingerprint density at radius 2 is 1.59 bits per heavy atom. The van der Waals surface area contributed by atoms with Crippen LogP contribution in [0.4, 0.5) is 11.9 Å². The molecule has 2 aromatic heterocycles. The Labute approximate surface area is 191 Å². The molecule has 0 radical (unpaired) electrons. The van der Waals surface area contributed by atoms with Crippen LogP contribution < -0.4 is 5.32 Å². The van der Waals surface area contributed by atoms with Crippen molar-refractivity contribution in [2.75, 3.05) is 5.32 Å². The molecule has 0 spiro atoms. The van der Waals surface area contributed by atoms with E-state index in [-0.39, 0.29) is 11.7 Å². The number of carbonyl (C=O) groups is 1. The summed E-state index contributed by atoms with van der Waals surface area (Å²) < 4.78 is 0. The highest BCUT2D eigenvalue weighted by molar-refractivity contribution is 6.30. The molecule has 160 valence electrons. The Morgan fingerprint density at radius 3 is 2.38 bits per heavy atom. The fraction of sp³-hybridized carbons (Fsp3) is 0.240. The van der Waals surface area contributed by atoms with Crippen molar-refractivity contribution in [1.82, 2.24) is 19.9 Å². The monoisotopic (exact) mass is 443 g/mol. The number of Topliss-reactive ketones (excluding diaryl/α,β-unsaturated/α-hetero) is 1. The predicted octanol–water partition coefficient (Wildman–Crippen LogP) is 5.65. The van der Waals surface area contributed by atoms with E-state index < -0.39 is 0 Å². The zero-order valence-electron chi connectivity index (χ0n) is 18.1. The van der Waals surface area contributed by atoms with Crippen LogP contribution in [0.2, 0.25) is 5.02 Å². The minimum atomic E-state index is 0.0665. The van der Waals surface area contributed by atoms with Gasteiger partial charge in [0.25, 0.3) is 0 Å². The molecule has 4 aromatic rings. The molecule has 0 amide bonds. The lowest BCUT2D eigenvalue weighted by Gasteiger charge is -2.24. The van der Waals surface area contributed by atoms with Crippen molar-refractivity contribution in [2.24, 2.45) is 0 Å². The minimum Gasteiger partial charge on any atom is -0.294 e. The number of aromatic nitrogens is 4. The van der Waals surface area contributed by atoms with Gasteiger partial charge in [-0.3, -0.25) is 10.1 Å². The van der Waals surface area contributed by atoms with Crippen LogP contribution >= 0.6 is 11.6 Å². The zero-order chi connectivity index (χ0) is 22.4. The van der Waals surface area contributed by atoms with Crippen molar-refractivity contribution in [1.29, 1.82) is 0 Å². The normalized spacial score (nSPS) is 15.6. The Kier molecular flexibility index (Phi) is 5.10. The highest BCUT2D eigenvalue weighted by atomic mass is 35.5. The lowest BCUT2D eigenvalue weighted by Crippen LogP contribution is -2.23. The molecule has 0 saturated heterocycles. The first kappa shape index (κ1) is 20.5. The summed E-state index contributed by atoms with van der Waals surface area (Å²) in [6, 6.07) is 13.8. The third-order valence-corrected chi connectivity index (χ3v) is 6.17. The molecule has 6 nitrogen and oxygen atoms in total. The van der Waals surface area contributed by atoms with E-state index in [4.69, 9.17) is 11.6 Å². The standard InChI is InChI=1S/C25H22ClN5O/c1-13-4-9-20-19(10-13)14(2)27-24(29-20)31-25-28-15(3)23-21(30-25)11-17(12-22(23)32)16-5-7-18(26)8-6-16/h4-10,17H,11-12H2,1-3H3,(H,27,28,29,30,31). The van der Waals surface area contributed by atoms with Gasteiger partial charge in [-0.15, -0.1) is 0 Å². The van der Waals surface area contributed by atoms with E-state index >= 15 is 0 Å². The van der Waals surface area contributed by atoms with Crippen molar-refractivity contribution in [3.05, 3.63) is 81.3 Å². The number of carbonyl (C=O) groups excluding carboxylic acids is 1. The van der Waals surface area contributed by atoms with E-state index in [1.165, 1.54) is 5.56 Å². The van der Waals surface area contributed by atoms with Crippen LogP contribution in [0.3, 0.4) is 0 Å². The van der Waals surface area contributed by atoms with Crippen LogP contribution in [0.15, 0.2) is 42.5 Å². The molecule has 1 aliphatic carbocycles. The fourth-order valence-corrected chi connectivity index (χ4v) is 4.48. The van der Waals surface area contributed by atoms with Crippen molar-refractivity contribution in [3.63, 3.8) is 0 Å². The number of nitrogens with one attached hydrogen (secondary N) is 1. The van der Waals surface area contributed by atoms with E-state index in [1.54, 1.807) is 0 Å². The van der Waals surface area contributed by atoms with E-state index in [0.717, 1.165) is 27.9 Å². The van der Waals surface area contributed by atoms with Gasteiger partial charge in [-0.1, -0.05) is 35.4 Å². The first-order valence-electron chi connectivity index (χ1n) is 10.6. The molecule has 1 unspecified atom stereocenters. The molecule has 0 fully saturated rings. The number of halogens is 1. The van der Waals surface area contributed by atoms with Crippen LogP contribution in [0.25, 0.3) is 10.9 Å². The van der Waals surface area contributed by atoms with Gasteiger partial charge >= 0.3 is 0 Å². The SMILES string of the molecule is Cc1ccc2nc(Nc3nc(C)c4c(n3)CC(c3ccc(Cl)cc3)CC4=O)nc(C)c2c1. The van der Waals surface area contributed by atoms with Crippen LogP contribution in [-0.4, -0.2) is 25.7 Å². The Morgan fingerprint density at radius 1 is 0.875 bits per heavy atom. The van der Waals surface area contributed by atoms with E-state index in [1.807, 2.05) is 57.2 Å². The quantitative estimate of drug-likeness (QED) is 0.440. The fourth-order valence-electron chi connectivity index (χ4n) is 4.35. The van der Waals surface area contributed by atoms with Gasteiger partial charge < -0.3 is 0 Å². The Balaban J connectivity index is 1.48. The zero-order valence-corrected chi connectivity index (χ0v) is 18.9. The number of anilines is 2. The second kappa shape index (κ2) is 7.95. The van der Waals surface area contributed by atoms with Gasteiger partial charge in [0.15, 0.2) is 5.78 Å². The van der Waals surface area contributed by atoms with E-state index in [2.05, 4.69) is 31.3 Å². The van der Waals surface area contributed by atoms with Crippen LogP contribution in [0.5, 0.6) is 0 Å². The lowest BCUT2D eigenvalue weighted by atomic mass is 9.81. The first-order chi connectivity index (χ1) is 15.4. The number of rotatable bonds is 3. The highest BCUT2D eigenvalue weighted by Gasteiger charge is 2.30. The second-order valence-electron chi connectivity index (χ2n) is 8.31. The number of fused-ring (bicyclic) bond motifs is 2. The molecular formula is C25H22ClN5O. The summed E-state index contributed by atoms with van der Waals surface area (Å²) in [5.41, 5.74) is 6.05. The maximum absolute atomic E-state index is 12.9. The van der Waals surface area contributed by atoms with Crippen molar-refractivity contribution < 1.29 is 4.79 Å². The lowest BCUT2D eigenvalue weighted by molar-refractivity contribution is 0.0962. The number of benzene rings is 2. The minimum absolute atomic E-state index is 0.0665. The first-order valence-corrected chi connectivity index (χ1v) is 10.9. The number of hydrogen-bond acceptors (Lipinski definition) is 6. The molecule has 0 saturated carbocycles. The second-order valence-corrected chi connectivity index (χ2v) is 8.75. The van der Waals surface area contributed by atoms with Gasteiger partial charge in [0.1, 0.15) is 0 Å². The van der Waals surface area contributed by atoms with E-state index in [9.17, 15) is 4.79 Å². The summed E-state index contributed by atoms with van der Waals surface area (Å²) in [7, 11) is 0. The van der Waals surface area contributed by atoms with Crippen molar-refractivity contribution >= 4 is 40.2 Å². The summed E-state index contributed by atoms with van der Waals surface area (Å²) >= 11 is 6.03. The molecule has 5 rings (SSSR count). The molecule has 0 bridgehead atoms. The van der Waals surface area contributed by atoms with Crippen LogP contribution in [0.1, 0.15) is 50.9 Å². The summed E-state index contributed by atoms with van der Waals surface area (Å²) in [4.78, 5) is 31.3. The maximum Gasteiger partial charge on any atom is 0.230 e. The van der Waals surface area contributed by atoms with Gasteiger partial charge in [-0.25, -0.2) is 19.9 Å². The van der Waals surface area contributed by atoms with E-state index in [0.29, 0.717) is 41.0 Å². The topological polar surface area (TPSA) is 80.7 Å². The average Bonchev–Trinajstić information content (AvgIpc) is 2.74. The summed E-state index contributed by atoms with van der Waals surface area (Å²) in [5.74, 6) is 0.978. The van der Waals surface area contributed by atoms with Gasteiger partial charge in [-0.2, -0.15) is 0 Å². The Bertz CT molecular complexity index is 1370. The Hall–Kier alpha value is -3.38. The summed E-state index contributed by atoms with van der Waals surface area (Å²) in [6.45, 7) is 5.86. The van der Waals surface area contributed by atoms with Gasteiger partial charge in [0, 0.05) is 16.8 Å². The largest absolute Gasteiger partial charge is 0.294 e. The number of hydrogen-bond donors (Lipinski definition) is 1. The molecule has 2 heterocycles. The van der Waals surface area contributed by atoms with Gasteiger partial charge in [0.2, 0.25) is 11.9 Å². The smallest absolute Gasteiger partial charge is 0.230 e. The van der Waals surface area contributed by atoms with Crippen LogP contribution in [0, 0.1) is 20.8 Å². The maximum atomic E-state index is 12.9. The average molecular weight is 444 g/mol. The summed E-state index contributed by atoms with van der Waals surface area (Å²) in [5, 5.41) is 4.85. The molecule has 1 aliphatic rings. The van der Waals surface area contributed by atoms with Crippen molar-refractivity contribution in [3.8, 4) is 0 Å². The van der Waals surface area contributed by atoms with Crippen LogP contribution in [-0.2, 0) is 6.42 Å². The molecule has 2 aromatic carbocycles.